The van der Waals surface area contributed by atoms with Crippen molar-refractivity contribution in [2.75, 3.05) is 26.2 Å². The highest BCUT2D eigenvalue weighted by molar-refractivity contribution is 5.77. The van der Waals surface area contributed by atoms with Crippen molar-refractivity contribution < 1.29 is 32.3 Å². The topological polar surface area (TPSA) is 74.0 Å². The van der Waals surface area contributed by atoms with Gasteiger partial charge in [-0.15, -0.1) is 0 Å². The van der Waals surface area contributed by atoms with Crippen molar-refractivity contribution >= 4 is 11.9 Å². The average Bonchev–Trinajstić information content (AvgIpc) is 3.12. The van der Waals surface area contributed by atoms with Gasteiger partial charge in [0.2, 0.25) is 5.91 Å². The van der Waals surface area contributed by atoms with Crippen LogP contribution in [0.3, 0.4) is 0 Å². The van der Waals surface area contributed by atoms with Crippen molar-refractivity contribution in [3.05, 3.63) is 23.7 Å². The van der Waals surface area contributed by atoms with Crippen molar-refractivity contribution in [2.45, 2.75) is 38.9 Å². The van der Waals surface area contributed by atoms with Crippen LogP contribution in [0.15, 0.2) is 16.5 Å². The number of aliphatic carboxylic acids is 1. The number of likely N-dealkylation sites (tertiary alicyclic amines) is 2. The number of hydrogen-bond acceptors (Lipinski definition) is 4. The maximum atomic E-state index is 12.2. The van der Waals surface area contributed by atoms with Gasteiger partial charge in [-0.05, 0) is 49.7 Å². The molecule has 0 aromatic carbocycles. The highest BCUT2D eigenvalue weighted by Gasteiger charge is 2.56. The number of aryl methyl sites for hydroxylation is 1. The average molecular weight is 402 g/mol. The van der Waals surface area contributed by atoms with Gasteiger partial charge < -0.3 is 14.4 Å². The van der Waals surface area contributed by atoms with Crippen molar-refractivity contribution in [3.63, 3.8) is 0 Å². The Labute approximate surface area is 161 Å². The molecule has 1 aromatic rings. The van der Waals surface area contributed by atoms with E-state index in [1.54, 1.807) is 0 Å². The van der Waals surface area contributed by atoms with Crippen LogP contribution in [0.1, 0.15) is 30.8 Å². The normalized spacial score (nSPS) is 26.6. The van der Waals surface area contributed by atoms with E-state index in [1.807, 2.05) is 13.0 Å². The number of rotatable bonds is 4. The second-order valence-corrected chi connectivity index (χ2v) is 7.79. The Morgan fingerprint density at radius 1 is 1.18 bits per heavy atom. The molecule has 9 heteroatoms. The van der Waals surface area contributed by atoms with E-state index in [2.05, 4.69) is 15.9 Å². The third-order valence-corrected chi connectivity index (χ3v) is 5.73. The third-order valence-electron chi connectivity index (χ3n) is 5.73. The number of halogens is 3. The maximum Gasteiger partial charge on any atom is 0.490 e. The quantitative estimate of drug-likeness (QED) is 0.838. The van der Waals surface area contributed by atoms with Gasteiger partial charge in [-0.2, -0.15) is 13.2 Å². The predicted octanol–water partition coefficient (Wildman–Crippen LogP) is 2.91. The summed E-state index contributed by atoms with van der Waals surface area (Å²) in [6.45, 7) is 7.18. The Hall–Kier alpha value is -2.03. The Morgan fingerprint density at radius 3 is 2.21 bits per heavy atom. The second kappa shape index (κ2) is 8.14. The van der Waals surface area contributed by atoms with Crippen molar-refractivity contribution in [2.24, 2.45) is 17.8 Å². The van der Waals surface area contributed by atoms with Crippen LogP contribution in [0.4, 0.5) is 13.2 Å². The number of piperidine rings is 1. The molecule has 4 rings (SSSR count). The van der Waals surface area contributed by atoms with E-state index in [1.165, 1.54) is 12.8 Å². The summed E-state index contributed by atoms with van der Waals surface area (Å²) in [5.74, 6) is 1.88. The first-order chi connectivity index (χ1) is 13.1. The monoisotopic (exact) mass is 402 g/mol. The molecule has 1 aliphatic carbocycles. The van der Waals surface area contributed by atoms with Gasteiger partial charge in [0, 0.05) is 32.6 Å². The molecule has 1 amide bonds. The number of carboxylic acids is 1. The SMILES string of the molecule is Cc1ccc(CN2C[C@@H]3C(CC(=O)N4CCCC4)[C@@H]3C2)o1.O=C(O)C(F)(F)F. The van der Waals surface area contributed by atoms with Crippen molar-refractivity contribution in [3.8, 4) is 0 Å². The second-order valence-electron chi connectivity index (χ2n) is 7.79. The molecule has 156 valence electrons. The molecule has 28 heavy (non-hydrogen) atoms. The number of amides is 1. The fourth-order valence-electron chi connectivity index (χ4n) is 4.26. The maximum absolute atomic E-state index is 12.2. The molecular formula is C19H25F3N2O4. The molecule has 6 nitrogen and oxygen atoms in total. The lowest BCUT2D eigenvalue weighted by molar-refractivity contribution is -0.192. The van der Waals surface area contributed by atoms with Crippen LogP contribution in [0.2, 0.25) is 0 Å². The zero-order valence-corrected chi connectivity index (χ0v) is 15.7. The fourth-order valence-corrected chi connectivity index (χ4v) is 4.26. The van der Waals surface area contributed by atoms with Crippen LogP contribution >= 0.6 is 0 Å². The summed E-state index contributed by atoms with van der Waals surface area (Å²) in [4.78, 5) is 25.6. The van der Waals surface area contributed by atoms with Crippen molar-refractivity contribution in [1.29, 1.82) is 0 Å². The van der Waals surface area contributed by atoms with Gasteiger partial charge in [-0.1, -0.05) is 0 Å². The zero-order valence-electron chi connectivity index (χ0n) is 15.7. The van der Waals surface area contributed by atoms with E-state index in [9.17, 15) is 18.0 Å². The Kier molecular flexibility index (Phi) is 6.02. The molecule has 0 bridgehead atoms. The van der Waals surface area contributed by atoms with Crippen molar-refractivity contribution in [1.82, 2.24) is 9.80 Å². The molecule has 0 radical (unpaired) electrons. The number of carbonyl (C=O) groups excluding carboxylic acids is 1. The lowest BCUT2D eigenvalue weighted by Gasteiger charge is -2.19. The lowest BCUT2D eigenvalue weighted by Crippen LogP contribution is -2.30. The van der Waals surface area contributed by atoms with E-state index in [0.717, 1.165) is 62.5 Å². The van der Waals surface area contributed by atoms with Gasteiger partial charge in [0.15, 0.2) is 0 Å². The molecule has 3 atom stereocenters. The first-order valence-electron chi connectivity index (χ1n) is 9.50. The molecule has 3 heterocycles. The molecule has 3 aliphatic rings. The van der Waals surface area contributed by atoms with Gasteiger partial charge in [0.05, 0.1) is 6.54 Å². The fraction of sp³-hybridized carbons (Fsp3) is 0.684. The number of carbonyl (C=O) groups is 2. The van der Waals surface area contributed by atoms with Crippen LogP contribution in [0.25, 0.3) is 0 Å². The Morgan fingerprint density at radius 2 is 1.75 bits per heavy atom. The number of carboxylic acid groups (broad SMARTS) is 1. The molecule has 1 aromatic heterocycles. The summed E-state index contributed by atoms with van der Waals surface area (Å²) < 4.78 is 37.4. The molecule has 1 N–H and O–H groups in total. The van der Waals surface area contributed by atoms with Crippen LogP contribution in [0, 0.1) is 24.7 Å². The smallest absolute Gasteiger partial charge is 0.475 e. The summed E-state index contributed by atoms with van der Waals surface area (Å²) in [6, 6.07) is 4.11. The van der Waals surface area contributed by atoms with E-state index in [4.69, 9.17) is 14.3 Å². The van der Waals surface area contributed by atoms with E-state index < -0.39 is 12.1 Å². The molecule has 2 saturated heterocycles. The van der Waals surface area contributed by atoms with Gasteiger partial charge in [-0.25, -0.2) is 4.79 Å². The van der Waals surface area contributed by atoms with Crippen LogP contribution in [0.5, 0.6) is 0 Å². The number of fused-ring (bicyclic) bond motifs is 1. The predicted molar refractivity (Wildman–Crippen MR) is 93.3 cm³/mol. The van der Waals surface area contributed by atoms with Gasteiger partial charge in [-0.3, -0.25) is 9.69 Å². The molecule has 3 fully saturated rings. The highest BCUT2D eigenvalue weighted by Crippen LogP contribution is 2.54. The molecular weight excluding hydrogens is 377 g/mol. The number of furan rings is 1. The number of hydrogen-bond donors (Lipinski definition) is 1. The van der Waals surface area contributed by atoms with Crippen LogP contribution in [-0.4, -0.2) is 59.1 Å². The molecule has 1 unspecified atom stereocenters. The summed E-state index contributed by atoms with van der Waals surface area (Å²) in [6.07, 6.45) is -1.90. The zero-order chi connectivity index (χ0) is 20.5. The van der Waals surface area contributed by atoms with Crippen LogP contribution < -0.4 is 0 Å². The number of nitrogens with zero attached hydrogens (tertiary/aromatic N) is 2. The minimum Gasteiger partial charge on any atom is -0.475 e. The lowest BCUT2D eigenvalue weighted by atomic mass is 10.1. The Balaban J connectivity index is 0.000000279. The number of alkyl halides is 3. The third kappa shape index (κ3) is 5.06. The summed E-state index contributed by atoms with van der Waals surface area (Å²) >= 11 is 0. The Bertz CT molecular complexity index is 700. The van der Waals surface area contributed by atoms with Crippen LogP contribution in [-0.2, 0) is 16.1 Å². The van der Waals surface area contributed by atoms with Gasteiger partial charge >= 0.3 is 12.1 Å². The largest absolute Gasteiger partial charge is 0.490 e. The first kappa shape index (κ1) is 20.7. The highest BCUT2D eigenvalue weighted by atomic mass is 19.4. The summed E-state index contributed by atoms with van der Waals surface area (Å²) in [7, 11) is 0. The van der Waals surface area contributed by atoms with E-state index in [0.29, 0.717) is 11.8 Å². The minimum atomic E-state index is -5.08. The minimum absolute atomic E-state index is 0.403. The molecule has 1 saturated carbocycles. The molecule has 0 spiro atoms. The van der Waals surface area contributed by atoms with Gasteiger partial charge in [0.25, 0.3) is 0 Å². The van der Waals surface area contributed by atoms with E-state index in [-0.39, 0.29) is 0 Å². The standard InChI is InChI=1S/C17H24N2O2.C2HF3O2/c1-12-4-5-13(21-12)9-18-10-15-14(16(15)11-18)8-17(20)19-6-2-3-7-19;3-2(4,5)1(6)7/h4-5,14-16H,2-3,6-11H2,1H3;(H,6,7)/t14?,15-,16+;. The summed E-state index contributed by atoms with van der Waals surface area (Å²) in [5, 5.41) is 7.12. The first-order valence-corrected chi connectivity index (χ1v) is 9.50. The molecule has 2 aliphatic heterocycles. The van der Waals surface area contributed by atoms with Gasteiger partial charge in [0.1, 0.15) is 11.5 Å². The van der Waals surface area contributed by atoms with E-state index >= 15 is 0 Å². The summed E-state index contributed by atoms with van der Waals surface area (Å²) in [5.41, 5.74) is 0.